The molecule has 0 fully saturated rings. The molecule has 0 heterocycles. The van der Waals surface area contributed by atoms with Gasteiger partial charge in [0.1, 0.15) is 13.2 Å². The van der Waals surface area contributed by atoms with Gasteiger partial charge in [-0.1, -0.05) is 176 Å². The highest BCUT2D eigenvalue weighted by atomic mass is 16.6. The second-order valence-corrected chi connectivity index (χ2v) is 14.9. The lowest BCUT2D eigenvalue weighted by atomic mass is 10.0. The molecule has 6 heteroatoms. The predicted octanol–water partition coefficient (Wildman–Crippen LogP) is 12.2. The molecule has 0 aliphatic rings. The molecule has 6 nitrogen and oxygen atoms in total. The second-order valence-electron chi connectivity index (χ2n) is 14.9. The van der Waals surface area contributed by atoms with Crippen LogP contribution in [0.1, 0.15) is 214 Å². The number of hydrogen-bond donors (Lipinski definition) is 0. The van der Waals surface area contributed by atoms with E-state index in [0.717, 1.165) is 76.0 Å². The molecule has 0 bridgehead atoms. The molecular formula is C41H78O6. The Bertz CT molecular complexity index is 719. The SMILES string of the molecule is CCCCCCCC(=O)OC[C@@H](COC(=O)CCCCCCCCCCCCCCC(C)C)OC(=O)CCCCCCCCC(C)C. The number of carbonyl (C=O) groups excluding carboxylic acids is 3. The summed E-state index contributed by atoms with van der Waals surface area (Å²) in [5.41, 5.74) is 0. The average Bonchev–Trinajstić information content (AvgIpc) is 3.03. The maximum absolute atomic E-state index is 12.6. The number of rotatable bonds is 35. The predicted molar refractivity (Wildman–Crippen MR) is 196 cm³/mol. The molecule has 0 rings (SSSR count). The zero-order valence-corrected chi connectivity index (χ0v) is 31.9. The van der Waals surface area contributed by atoms with Gasteiger partial charge in [0.25, 0.3) is 0 Å². The fraction of sp³-hybridized carbons (Fsp3) is 0.927. The van der Waals surface area contributed by atoms with Crippen molar-refractivity contribution >= 4 is 17.9 Å². The summed E-state index contributed by atoms with van der Waals surface area (Å²) in [6.07, 6.45) is 29.9. The van der Waals surface area contributed by atoms with Gasteiger partial charge in [-0.05, 0) is 31.1 Å². The van der Waals surface area contributed by atoms with Crippen LogP contribution in [0.15, 0.2) is 0 Å². The summed E-state index contributed by atoms with van der Waals surface area (Å²) in [5, 5.41) is 0. The summed E-state index contributed by atoms with van der Waals surface area (Å²) in [5.74, 6) is 0.710. The molecule has 278 valence electrons. The van der Waals surface area contributed by atoms with Gasteiger partial charge in [-0.2, -0.15) is 0 Å². The van der Waals surface area contributed by atoms with Gasteiger partial charge < -0.3 is 14.2 Å². The Balaban J connectivity index is 4.20. The van der Waals surface area contributed by atoms with E-state index >= 15 is 0 Å². The van der Waals surface area contributed by atoms with Crippen molar-refractivity contribution in [3.63, 3.8) is 0 Å². The van der Waals surface area contributed by atoms with E-state index in [1.165, 1.54) is 96.3 Å². The van der Waals surface area contributed by atoms with Crippen LogP contribution >= 0.6 is 0 Å². The van der Waals surface area contributed by atoms with Crippen LogP contribution in [0, 0.1) is 11.8 Å². The molecule has 0 aliphatic carbocycles. The van der Waals surface area contributed by atoms with E-state index in [0.29, 0.717) is 19.3 Å². The Labute approximate surface area is 291 Å². The van der Waals surface area contributed by atoms with Crippen molar-refractivity contribution in [2.24, 2.45) is 11.8 Å². The van der Waals surface area contributed by atoms with Crippen molar-refractivity contribution in [1.29, 1.82) is 0 Å². The Hall–Kier alpha value is -1.59. The van der Waals surface area contributed by atoms with Crippen LogP contribution in [0.4, 0.5) is 0 Å². The minimum absolute atomic E-state index is 0.0675. The number of carbonyl (C=O) groups is 3. The van der Waals surface area contributed by atoms with Crippen molar-refractivity contribution < 1.29 is 28.6 Å². The highest BCUT2D eigenvalue weighted by molar-refractivity contribution is 5.71. The first-order valence-electron chi connectivity index (χ1n) is 20.2. The summed E-state index contributed by atoms with van der Waals surface area (Å²) in [4.78, 5) is 37.2. The average molecular weight is 667 g/mol. The molecule has 0 aromatic heterocycles. The van der Waals surface area contributed by atoms with Gasteiger partial charge in [-0.15, -0.1) is 0 Å². The number of ether oxygens (including phenoxy) is 3. The molecule has 0 N–H and O–H groups in total. The van der Waals surface area contributed by atoms with Crippen LogP contribution in [0.5, 0.6) is 0 Å². The van der Waals surface area contributed by atoms with Crippen molar-refractivity contribution in [1.82, 2.24) is 0 Å². The largest absolute Gasteiger partial charge is 0.462 e. The van der Waals surface area contributed by atoms with Crippen LogP contribution in [0.25, 0.3) is 0 Å². The van der Waals surface area contributed by atoms with E-state index in [1.54, 1.807) is 0 Å². The molecule has 0 saturated carbocycles. The van der Waals surface area contributed by atoms with Gasteiger partial charge in [0.2, 0.25) is 0 Å². The van der Waals surface area contributed by atoms with Crippen LogP contribution in [0.2, 0.25) is 0 Å². The Morgan fingerprint density at radius 1 is 0.404 bits per heavy atom. The summed E-state index contributed by atoms with van der Waals surface area (Å²) in [7, 11) is 0. The van der Waals surface area contributed by atoms with Crippen LogP contribution in [-0.4, -0.2) is 37.2 Å². The van der Waals surface area contributed by atoms with E-state index in [9.17, 15) is 14.4 Å². The van der Waals surface area contributed by atoms with Gasteiger partial charge >= 0.3 is 17.9 Å². The minimum atomic E-state index is -0.758. The minimum Gasteiger partial charge on any atom is -0.462 e. The number of esters is 3. The first-order chi connectivity index (χ1) is 22.7. The quantitative estimate of drug-likeness (QED) is 0.0380. The molecule has 1 atom stereocenters. The number of hydrogen-bond acceptors (Lipinski definition) is 6. The molecule has 0 saturated heterocycles. The van der Waals surface area contributed by atoms with Gasteiger partial charge in [-0.25, -0.2) is 0 Å². The van der Waals surface area contributed by atoms with Crippen molar-refractivity contribution in [3.05, 3.63) is 0 Å². The van der Waals surface area contributed by atoms with E-state index in [4.69, 9.17) is 14.2 Å². The fourth-order valence-corrected chi connectivity index (χ4v) is 5.87. The van der Waals surface area contributed by atoms with Crippen LogP contribution < -0.4 is 0 Å². The molecule has 0 aliphatic heterocycles. The maximum Gasteiger partial charge on any atom is 0.306 e. The van der Waals surface area contributed by atoms with Crippen molar-refractivity contribution in [2.45, 2.75) is 221 Å². The first kappa shape index (κ1) is 45.4. The first-order valence-corrected chi connectivity index (χ1v) is 20.2. The molecule has 0 amide bonds. The summed E-state index contributed by atoms with van der Waals surface area (Å²) >= 11 is 0. The normalized spacial score (nSPS) is 12.1. The van der Waals surface area contributed by atoms with Crippen molar-refractivity contribution in [2.75, 3.05) is 13.2 Å². The van der Waals surface area contributed by atoms with Gasteiger partial charge in [0, 0.05) is 19.3 Å². The Morgan fingerprint density at radius 3 is 1.04 bits per heavy atom. The van der Waals surface area contributed by atoms with Gasteiger partial charge in [-0.3, -0.25) is 14.4 Å². The standard InChI is InChI=1S/C41H78O6/c1-6-7-8-19-26-31-39(42)45-34-38(47-41(44)33-28-23-18-17-21-25-30-37(4)5)35-46-40(43)32-27-22-16-14-12-10-9-11-13-15-20-24-29-36(2)3/h36-38H,6-35H2,1-5H3/t38-/m0/s1. The highest BCUT2D eigenvalue weighted by Gasteiger charge is 2.19. The second kappa shape index (κ2) is 34.3. The zero-order chi connectivity index (χ0) is 34.8. The maximum atomic E-state index is 12.6. The van der Waals surface area contributed by atoms with Crippen molar-refractivity contribution in [3.8, 4) is 0 Å². The van der Waals surface area contributed by atoms with E-state index in [2.05, 4.69) is 34.6 Å². The third-order valence-corrected chi connectivity index (χ3v) is 8.97. The fourth-order valence-electron chi connectivity index (χ4n) is 5.87. The summed E-state index contributed by atoms with van der Waals surface area (Å²) in [6, 6.07) is 0. The van der Waals surface area contributed by atoms with Gasteiger partial charge in [0.15, 0.2) is 6.10 Å². The lowest BCUT2D eigenvalue weighted by Gasteiger charge is -2.18. The molecule has 0 aromatic rings. The smallest absolute Gasteiger partial charge is 0.306 e. The molecular weight excluding hydrogens is 588 g/mol. The van der Waals surface area contributed by atoms with Crippen LogP contribution in [-0.2, 0) is 28.6 Å². The monoisotopic (exact) mass is 667 g/mol. The summed E-state index contributed by atoms with van der Waals surface area (Å²) < 4.78 is 16.5. The molecule has 0 unspecified atom stereocenters. The Kier molecular flexibility index (Phi) is 33.1. The number of unbranched alkanes of at least 4 members (excludes halogenated alkanes) is 20. The summed E-state index contributed by atoms with van der Waals surface area (Å²) in [6.45, 7) is 11.2. The lowest BCUT2D eigenvalue weighted by molar-refractivity contribution is -0.167. The van der Waals surface area contributed by atoms with E-state index < -0.39 is 6.10 Å². The third-order valence-electron chi connectivity index (χ3n) is 8.97. The molecule has 0 aromatic carbocycles. The third kappa shape index (κ3) is 35.5. The molecule has 0 spiro atoms. The van der Waals surface area contributed by atoms with E-state index in [1.807, 2.05) is 0 Å². The molecule has 47 heavy (non-hydrogen) atoms. The highest BCUT2D eigenvalue weighted by Crippen LogP contribution is 2.16. The molecule has 0 radical (unpaired) electrons. The topological polar surface area (TPSA) is 78.9 Å². The lowest BCUT2D eigenvalue weighted by Crippen LogP contribution is -2.30. The van der Waals surface area contributed by atoms with Gasteiger partial charge in [0.05, 0.1) is 0 Å². The zero-order valence-electron chi connectivity index (χ0n) is 31.9. The van der Waals surface area contributed by atoms with Crippen LogP contribution in [0.3, 0.4) is 0 Å². The Morgan fingerprint density at radius 2 is 0.702 bits per heavy atom. The van der Waals surface area contributed by atoms with E-state index in [-0.39, 0.29) is 31.1 Å².